The molecule has 0 saturated carbocycles. The molecule has 21 heavy (non-hydrogen) atoms. The van der Waals surface area contributed by atoms with Gasteiger partial charge in [-0.15, -0.1) is 0 Å². The van der Waals surface area contributed by atoms with E-state index in [4.69, 9.17) is 16.3 Å². The summed E-state index contributed by atoms with van der Waals surface area (Å²) < 4.78 is 5.60. The number of halogens is 1. The van der Waals surface area contributed by atoms with Gasteiger partial charge >= 0.3 is 0 Å². The minimum Gasteiger partial charge on any atom is -0.481 e. The van der Waals surface area contributed by atoms with Crippen molar-refractivity contribution < 1.29 is 9.53 Å². The van der Waals surface area contributed by atoms with E-state index < -0.39 is 6.10 Å². The summed E-state index contributed by atoms with van der Waals surface area (Å²) in [5, 5.41) is 3.47. The third kappa shape index (κ3) is 4.50. The van der Waals surface area contributed by atoms with Crippen molar-refractivity contribution in [3.8, 4) is 5.75 Å². The maximum Gasteiger partial charge on any atom is 0.261 e. The molecule has 0 aliphatic carbocycles. The lowest BCUT2D eigenvalue weighted by Gasteiger charge is -2.15. The van der Waals surface area contributed by atoms with E-state index in [0.717, 1.165) is 11.1 Å². The summed E-state index contributed by atoms with van der Waals surface area (Å²) in [5.41, 5.74) is 2.04. The van der Waals surface area contributed by atoms with Gasteiger partial charge in [0, 0.05) is 11.6 Å². The Kier molecular flexibility index (Phi) is 5.23. The molecule has 0 unspecified atom stereocenters. The molecule has 0 fully saturated rings. The molecule has 2 rings (SSSR count). The van der Waals surface area contributed by atoms with E-state index in [0.29, 0.717) is 17.3 Å². The highest BCUT2D eigenvalue weighted by atomic mass is 35.5. The number of hydrogen-bond acceptors (Lipinski definition) is 2. The predicted octanol–water partition coefficient (Wildman–Crippen LogP) is 3.73. The standard InChI is InChI=1S/C17H18ClNO2/c1-12-7-9-15(10-8-12)21-13(2)17(20)19-11-14-5-3-4-6-16(14)18/h3-10,13H,11H2,1-2H3,(H,19,20)/t13-/m1/s1. The highest BCUT2D eigenvalue weighted by Gasteiger charge is 2.14. The Bertz CT molecular complexity index is 610. The second-order valence-corrected chi connectivity index (χ2v) is 5.29. The molecule has 2 aromatic rings. The Morgan fingerprint density at radius 1 is 1.19 bits per heavy atom. The Balaban J connectivity index is 1.88. The van der Waals surface area contributed by atoms with Gasteiger partial charge in [0.2, 0.25) is 0 Å². The fourth-order valence-electron chi connectivity index (χ4n) is 1.84. The number of aryl methyl sites for hydroxylation is 1. The average Bonchev–Trinajstić information content (AvgIpc) is 2.48. The van der Waals surface area contributed by atoms with Crippen LogP contribution in [0.25, 0.3) is 0 Å². The number of ether oxygens (including phenoxy) is 1. The van der Waals surface area contributed by atoms with Gasteiger partial charge in [-0.05, 0) is 37.6 Å². The minimum absolute atomic E-state index is 0.171. The molecule has 3 nitrogen and oxygen atoms in total. The van der Waals surface area contributed by atoms with E-state index in [-0.39, 0.29) is 5.91 Å². The summed E-state index contributed by atoms with van der Waals surface area (Å²) in [5.74, 6) is 0.511. The topological polar surface area (TPSA) is 38.3 Å². The van der Waals surface area contributed by atoms with E-state index in [1.807, 2.05) is 49.4 Å². The molecule has 0 spiro atoms. The summed E-state index contributed by atoms with van der Waals surface area (Å²) in [6.45, 7) is 4.12. The molecule has 1 amide bonds. The van der Waals surface area contributed by atoms with Crippen molar-refractivity contribution in [2.24, 2.45) is 0 Å². The zero-order valence-corrected chi connectivity index (χ0v) is 12.9. The van der Waals surface area contributed by atoms with E-state index in [2.05, 4.69) is 5.32 Å². The molecule has 1 atom stereocenters. The van der Waals surface area contributed by atoms with Crippen LogP contribution in [0.15, 0.2) is 48.5 Å². The van der Waals surface area contributed by atoms with E-state index >= 15 is 0 Å². The van der Waals surface area contributed by atoms with Crippen molar-refractivity contribution in [1.82, 2.24) is 5.32 Å². The van der Waals surface area contributed by atoms with Crippen molar-refractivity contribution in [1.29, 1.82) is 0 Å². The molecule has 0 saturated heterocycles. The summed E-state index contributed by atoms with van der Waals surface area (Å²) in [7, 11) is 0. The molecular formula is C17H18ClNO2. The van der Waals surface area contributed by atoms with Crippen molar-refractivity contribution in [2.75, 3.05) is 0 Å². The number of hydrogen-bond donors (Lipinski definition) is 1. The first-order valence-corrected chi connectivity index (χ1v) is 7.18. The first-order valence-electron chi connectivity index (χ1n) is 6.80. The van der Waals surface area contributed by atoms with Crippen molar-refractivity contribution in [3.63, 3.8) is 0 Å². The number of benzene rings is 2. The van der Waals surface area contributed by atoms with Gasteiger partial charge in [0.05, 0.1) is 0 Å². The summed E-state index contributed by atoms with van der Waals surface area (Å²) >= 11 is 6.05. The van der Waals surface area contributed by atoms with Crippen LogP contribution in [-0.4, -0.2) is 12.0 Å². The molecule has 0 heterocycles. The number of carbonyl (C=O) groups is 1. The fourth-order valence-corrected chi connectivity index (χ4v) is 2.04. The third-order valence-corrected chi connectivity index (χ3v) is 3.48. The quantitative estimate of drug-likeness (QED) is 0.914. The lowest BCUT2D eigenvalue weighted by Crippen LogP contribution is -2.35. The van der Waals surface area contributed by atoms with Gasteiger partial charge < -0.3 is 10.1 Å². The molecule has 2 aromatic carbocycles. The lowest BCUT2D eigenvalue weighted by molar-refractivity contribution is -0.127. The van der Waals surface area contributed by atoms with Crippen LogP contribution < -0.4 is 10.1 Å². The second kappa shape index (κ2) is 7.14. The van der Waals surface area contributed by atoms with Crippen LogP contribution >= 0.6 is 11.6 Å². The van der Waals surface area contributed by atoms with Gasteiger partial charge in [-0.1, -0.05) is 47.5 Å². The average molecular weight is 304 g/mol. The number of amides is 1. The lowest BCUT2D eigenvalue weighted by atomic mass is 10.2. The monoisotopic (exact) mass is 303 g/mol. The van der Waals surface area contributed by atoms with Crippen LogP contribution in [0.4, 0.5) is 0 Å². The van der Waals surface area contributed by atoms with E-state index in [9.17, 15) is 4.79 Å². The van der Waals surface area contributed by atoms with Crippen molar-refractivity contribution in [2.45, 2.75) is 26.5 Å². The summed E-state index contributed by atoms with van der Waals surface area (Å²) in [4.78, 5) is 12.0. The van der Waals surface area contributed by atoms with Crippen LogP contribution in [0.3, 0.4) is 0 Å². The predicted molar refractivity (Wildman–Crippen MR) is 84.6 cm³/mol. The molecule has 110 valence electrons. The normalized spacial score (nSPS) is 11.8. The Morgan fingerprint density at radius 2 is 1.86 bits per heavy atom. The van der Waals surface area contributed by atoms with Crippen LogP contribution in [0, 0.1) is 6.92 Å². The van der Waals surface area contributed by atoms with Gasteiger partial charge in [-0.2, -0.15) is 0 Å². The zero-order chi connectivity index (χ0) is 15.2. The second-order valence-electron chi connectivity index (χ2n) is 4.88. The maximum absolute atomic E-state index is 12.0. The van der Waals surface area contributed by atoms with E-state index in [1.54, 1.807) is 13.0 Å². The van der Waals surface area contributed by atoms with Crippen LogP contribution in [0.5, 0.6) is 5.75 Å². The van der Waals surface area contributed by atoms with Crippen LogP contribution in [0.2, 0.25) is 5.02 Å². The fraction of sp³-hybridized carbons (Fsp3) is 0.235. The molecule has 0 bridgehead atoms. The minimum atomic E-state index is -0.560. The van der Waals surface area contributed by atoms with Gasteiger partial charge in [0.25, 0.3) is 5.91 Å². The molecule has 1 N–H and O–H groups in total. The highest BCUT2D eigenvalue weighted by molar-refractivity contribution is 6.31. The van der Waals surface area contributed by atoms with Gasteiger partial charge in [0.1, 0.15) is 5.75 Å². The first kappa shape index (κ1) is 15.4. The van der Waals surface area contributed by atoms with Crippen LogP contribution in [0.1, 0.15) is 18.1 Å². The molecular weight excluding hydrogens is 286 g/mol. The maximum atomic E-state index is 12.0. The summed E-state index contributed by atoms with van der Waals surface area (Å²) in [6, 6.07) is 15.0. The Hall–Kier alpha value is -2.00. The largest absolute Gasteiger partial charge is 0.481 e. The number of rotatable bonds is 5. The van der Waals surface area contributed by atoms with Crippen molar-refractivity contribution in [3.05, 3.63) is 64.7 Å². The zero-order valence-electron chi connectivity index (χ0n) is 12.1. The highest BCUT2D eigenvalue weighted by Crippen LogP contribution is 2.15. The Morgan fingerprint density at radius 3 is 2.52 bits per heavy atom. The molecule has 0 aliphatic heterocycles. The van der Waals surface area contributed by atoms with Gasteiger partial charge in [-0.3, -0.25) is 4.79 Å². The molecule has 0 aromatic heterocycles. The van der Waals surface area contributed by atoms with E-state index in [1.165, 1.54) is 0 Å². The summed E-state index contributed by atoms with van der Waals surface area (Å²) in [6.07, 6.45) is -0.560. The number of nitrogens with one attached hydrogen (secondary N) is 1. The smallest absolute Gasteiger partial charge is 0.261 e. The van der Waals surface area contributed by atoms with Crippen LogP contribution in [-0.2, 0) is 11.3 Å². The number of carbonyl (C=O) groups excluding carboxylic acids is 1. The molecule has 4 heteroatoms. The Labute approximate surface area is 129 Å². The van der Waals surface area contributed by atoms with Gasteiger partial charge in [-0.25, -0.2) is 0 Å². The SMILES string of the molecule is Cc1ccc(O[C@H](C)C(=O)NCc2ccccc2Cl)cc1. The van der Waals surface area contributed by atoms with Gasteiger partial charge in [0.15, 0.2) is 6.10 Å². The molecule has 0 radical (unpaired) electrons. The third-order valence-electron chi connectivity index (χ3n) is 3.11. The first-order chi connectivity index (χ1) is 10.1. The molecule has 0 aliphatic rings. The van der Waals surface area contributed by atoms with Crippen molar-refractivity contribution >= 4 is 17.5 Å².